The van der Waals surface area contributed by atoms with E-state index < -0.39 is 0 Å². The lowest BCUT2D eigenvalue weighted by molar-refractivity contribution is 0.280. The molecule has 1 atom stereocenters. The molecule has 0 spiro atoms. The molecule has 4 heteroatoms. The van der Waals surface area contributed by atoms with Gasteiger partial charge in [0, 0.05) is 19.6 Å². The number of guanidine groups is 1. The highest BCUT2D eigenvalue weighted by molar-refractivity contribution is 5.80. The van der Waals surface area contributed by atoms with E-state index in [9.17, 15) is 5.11 Å². The van der Waals surface area contributed by atoms with Crippen molar-refractivity contribution in [3.8, 4) is 0 Å². The number of likely N-dealkylation sites (tertiary alicyclic amines) is 1. The molecule has 0 aromatic heterocycles. The summed E-state index contributed by atoms with van der Waals surface area (Å²) in [4.78, 5) is 7.21. The molecule has 138 valence electrons. The van der Waals surface area contributed by atoms with Crippen LogP contribution >= 0.6 is 0 Å². The van der Waals surface area contributed by atoms with Gasteiger partial charge in [0.25, 0.3) is 0 Å². The zero-order valence-electron chi connectivity index (χ0n) is 15.6. The maximum atomic E-state index is 9.50. The lowest BCUT2D eigenvalue weighted by atomic mass is 9.99. The van der Waals surface area contributed by atoms with Crippen LogP contribution in [-0.4, -0.2) is 35.6 Å². The van der Waals surface area contributed by atoms with Crippen molar-refractivity contribution in [3.63, 3.8) is 0 Å². The Morgan fingerprint density at radius 3 is 2.58 bits per heavy atom. The molecule has 3 rings (SSSR count). The molecule has 0 amide bonds. The number of aliphatic hydroxyl groups excluding tert-OH is 1. The highest BCUT2D eigenvalue weighted by Gasteiger charge is 2.24. The van der Waals surface area contributed by atoms with Gasteiger partial charge in [-0.1, -0.05) is 54.6 Å². The van der Waals surface area contributed by atoms with E-state index in [0.29, 0.717) is 12.5 Å². The van der Waals surface area contributed by atoms with Gasteiger partial charge in [0.1, 0.15) is 0 Å². The first-order chi connectivity index (χ1) is 12.8. The second-order valence-electron chi connectivity index (χ2n) is 6.89. The molecule has 1 aliphatic rings. The van der Waals surface area contributed by atoms with Crippen LogP contribution in [0, 0.1) is 5.92 Å². The number of rotatable bonds is 6. The molecular formula is C22H29N3O. The number of hydrogen-bond donors (Lipinski definition) is 2. The molecule has 2 N–H and O–H groups in total. The van der Waals surface area contributed by atoms with Crippen LogP contribution in [0.2, 0.25) is 0 Å². The third kappa shape index (κ3) is 4.85. The Kier molecular flexibility index (Phi) is 6.67. The quantitative estimate of drug-likeness (QED) is 0.621. The first kappa shape index (κ1) is 18.5. The zero-order valence-corrected chi connectivity index (χ0v) is 15.6. The van der Waals surface area contributed by atoms with E-state index in [4.69, 9.17) is 4.99 Å². The fourth-order valence-electron chi connectivity index (χ4n) is 3.59. The molecule has 0 aliphatic carbocycles. The maximum Gasteiger partial charge on any atom is 0.194 e. The Morgan fingerprint density at radius 2 is 1.85 bits per heavy atom. The summed E-state index contributed by atoms with van der Waals surface area (Å²) in [6, 6.07) is 18.7. The van der Waals surface area contributed by atoms with Crippen LogP contribution in [0.4, 0.5) is 0 Å². The molecule has 1 saturated heterocycles. The van der Waals surface area contributed by atoms with Gasteiger partial charge in [-0.2, -0.15) is 0 Å². The molecule has 1 aliphatic heterocycles. The van der Waals surface area contributed by atoms with Gasteiger partial charge in [0.15, 0.2) is 5.96 Å². The van der Waals surface area contributed by atoms with E-state index in [2.05, 4.69) is 47.5 Å². The summed E-state index contributed by atoms with van der Waals surface area (Å²) < 4.78 is 0. The summed E-state index contributed by atoms with van der Waals surface area (Å²) in [5, 5.41) is 12.9. The van der Waals surface area contributed by atoms with Gasteiger partial charge in [-0.05, 0) is 42.4 Å². The molecule has 2 aromatic carbocycles. The number of benzene rings is 2. The topological polar surface area (TPSA) is 47.9 Å². The van der Waals surface area contributed by atoms with Crippen molar-refractivity contribution in [2.24, 2.45) is 10.9 Å². The first-order valence-electron chi connectivity index (χ1n) is 9.55. The third-order valence-corrected chi connectivity index (χ3v) is 4.98. The Bertz CT molecular complexity index is 714. The van der Waals surface area contributed by atoms with Crippen LogP contribution in [0.15, 0.2) is 59.6 Å². The monoisotopic (exact) mass is 351 g/mol. The molecule has 1 unspecified atom stereocenters. The average molecular weight is 351 g/mol. The summed E-state index contributed by atoms with van der Waals surface area (Å²) in [6.07, 6.45) is 2.33. The van der Waals surface area contributed by atoms with Crippen molar-refractivity contribution in [1.29, 1.82) is 0 Å². The Labute approximate surface area is 156 Å². The second kappa shape index (κ2) is 9.39. The summed E-state index contributed by atoms with van der Waals surface area (Å²) in [5.41, 5.74) is 3.46. The summed E-state index contributed by atoms with van der Waals surface area (Å²) in [6.45, 7) is 5.71. The van der Waals surface area contributed by atoms with Crippen LogP contribution in [0.25, 0.3) is 0 Å². The van der Waals surface area contributed by atoms with E-state index in [1.165, 1.54) is 12.0 Å². The van der Waals surface area contributed by atoms with Gasteiger partial charge in [0.05, 0.1) is 13.2 Å². The number of aliphatic imine (C=N–C) groups is 1. The molecule has 4 nitrogen and oxygen atoms in total. The smallest absolute Gasteiger partial charge is 0.194 e. The van der Waals surface area contributed by atoms with Crippen LogP contribution in [0.5, 0.6) is 0 Å². The van der Waals surface area contributed by atoms with Gasteiger partial charge in [-0.15, -0.1) is 0 Å². The number of aliphatic hydroxyl groups is 1. The van der Waals surface area contributed by atoms with Crippen LogP contribution in [-0.2, 0) is 19.6 Å². The van der Waals surface area contributed by atoms with Crippen molar-refractivity contribution < 1.29 is 5.11 Å². The summed E-state index contributed by atoms with van der Waals surface area (Å²) in [7, 11) is 0. The molecule has 1 fully saturated rings. The molecule has 0 bridgehead atoms. The van der Waals surface area contributed by atoms with Gasteiger partial charge in [-0.3, -0.25) is 0 Å². The molecule has 0 radical (unpaired) electrons. The van der Waals surface area contributed by atoms with Crippen molar-refractivity contribution in [3.05, 3.63) is 71.3 Å². The fourth-order valence-corrected chi connectivity index (χ4v) is 3.59. The lowest BCUT2D eigenvalue weighted by Crippen LogP contribution is -2.40. The normalized spacial score (nSPS) is 17.5. The van der Waals surface area contributed by atoms with E-state index in [0.717, 1.165) is 43.1 Å². The first-order valence-corrected chi connectivity index (χ1v) is 9.55. The van der Waals surface area contributed by atoms with Crippen molar-refractivity contribution in [1.82, 2.24) is 10.2 Å². The second-order valence-corrected chi connectivity index (χ2v) is 6.89. The molecular weight excluding hydrogens is 322 g/mol. The summed E-state index contributed by atoms with van der Waals surface area (Å²) >= 11 is 0. The number of nitrogens with one attached hydrogen (secondary N) is 1. The Hall–Kier alpha value is -2.33. The van der Waals surface area contributed by atoms with Gasteiger partial charge in [0.2, 0.25) is 0 Å². The van der Waals surface area contributed by atoms with Crippen molar-refractivity contribution in [2.75, 3.05) is 19.6 Å². The van der Waals surface area contributed by atoms with Crippen molar-refractivity contribution >= 4 is 5.96 Å². The van der Waals surface area contributed by atoms with Crippen LogP contribution in [0.1, 0.15) is 30.0 Å². The van der Waals surface area contributed by atoms with Crippen LogP contribution < -0.4 is 5.32 Å². The third-order valence-electron chi connectivity index (χ3n) is 4.98. The van der Waals surface area contributed by atoms with Crippen LogP contribution in [0.3, 0.4) is 0 Å². The molecule has 26 heavy (non-hydrogen) atoms. The minimum Gasteiger partial charge on any atom is -0.392 e. The minimum atomic E-state index is 0.0606. The largest absolute Gasteiger partial charge is 0.392 e. The Balaban J connectivity index is 1.64. The van der Waals surface area contributed by atoms with E-state index >= 15 is 0 Å². The van der Waals surface area contributed by atoms with Gasteiger partial charge < -0.3 is 15.3 Å². The van der Waals surface area contributed by atoms with E-state index in [-0.39, 0.29) is 6.61 Å². The fraction of sp³-hybridized carbons (Fsp3) is 0.409. The molecule has 0 saturated carbocycles. The predicted octanol–water partition coefficient (Wildman–Crippen LogP) is 3.21. The highest BCUT2D eigenvalue weighted by atomic mass is 16.3. The Morgan fingerprint density at radius 1 is 1.12 bits per heavy atom. The standard InChI is InChI=1S/C22H29N3O/c1-2-23-22(24-15-20-10-6-7-11-21(20)17-26)25-13-12-19(16-25)14-18-8-4-3-5-9-18/h3-11,19,26H,2,12-17H2,1H3,(H,23,24). The molecule has 1 heterocycles. The zero-order chi connectivity index (χ0) is 18.2. The molecule has 2 aromatic rings. The summed E-state index contributed by atoms with van der Waals surface area (Å²) in [5.74, 6) is 1.65. The average Bonchev–Trinajstić information content (AvgIpc) is 3.14. The number of hydrogen-bond acceptors (Lipinski definition) is 2. The van der Waals surface area contributed by atoms with E-state index in [1.54, 1.807) is 0 Å². The lowest BCUT2D eigenvalue weighted by Gasteiger charge is -2.22. The minimum absolute atomic E-state index is 0.0606. The van der Waals surface area contributed by atoms with Gasteiger partial charge in [-0.25, -0.2) is 4.99 Å². The van der Waals surface area contributed by atoms with Crippen molar-refractivity contribution in [2.45, 2.75) is 32.9 Å². The SMILES string of the molecule is CCNC(=NCc1ccccc1CO)N1CCC(Cc2ccccc2)C1. The number of nitrogens with zero attached hydrogens (tertiary/aromatic N) is 2. The maximum absolute atomic E-state index is 9.50. The predicted molar refractivity (Wildman–Crippen MR) is 107 cm³/mol. The van der Waals surface area contributed by atoms with Gasteiger partial charge >= 0.3 is 0 Å². The highest BCUT2D eigenvalue weighted by Crippen LogP contribution is 2.21. The van der Waals surface area contributed by atoms with E-state index in [1.807, 2.05) is 24.3 Å².